The zero-order chi connectivity index (χ0) is 22.2. The van der Waals surface area contributed by atoms with Gasteiger partial charge in [0.15, 0.2) is 6.10 Å². The first kappa shape index (κ1) is 22.5. The van der Waals surface area contributed by atoms with Gasteiger partial charge < -0.3 is 19.1 Å². The largest absolute Gasteiger partial charge is 0.479 e. The number of aromatic nitrogens is 1. The average molecular weight is 421 g/mol. The maximum atomic E-state index is 12.8. The third-order valence-corrected chi connectivity index (χ3v) is 5.13. The molecule has 1 heterocycles. The number of Topliss-reactive ketones (excluding diaryl/α,β-unsaturated/α-hetero) is 1. The minimum atomic E-state index is -0.975. The first-order chi connectivity index (χ1) is 15.0. The van der Waals surface area contributed by atoms with Crippen LogP contribution in [0.2, 0.25) is 0 Å². The molecule has 0 radical (unpaired) electrons. The molecule has 0 saturated heterocycles. The Morgan fingerprint density at radius 2 is 2.03 bits per heavy atom. The molecule has 162 valence electrons. The maximum Gasteiger partial charge on any atom is 0.332 e. The molecule has 2 aromatic rings. The van der Waals surface area contributed by atoms with E-state index in [4.69, 9.17) is 14.6 Å². The lowest BCUT2D eigenvalue weighted by Gasteiger charge is -2.14. The predicted molar refractivity (Wildman–Crippen MR) is 119 cm³/mol. The van der Waals surface area contributed by atoms with Crippen molar-refractivity contribution in [2.45, 2.75) is 38.7 Å². The van der Waals surface area contributed by atoms with Crippen LogP contribution < -0.4 is 0 Å². The number of hydrogen-bond donors (Lipinski definition) is 1. The van der Waals surface area contributed by atoms with Gasteiger partial charge in [0.25, 0.3) is 0 Å². The number of rotatable bonds is 10. The van der Waals surface area contributed by atoms with Crippen LogP contribution >= 0.6 is 0 Å². The van der Waals surface area contributed by atoms with E-state index in [1.807, 2.05) is 77.5 Å². The van der Waals surface area contributed by atoms with Gasteiger partial charge >= 0.3 is 5.97 Å². The molecule has 1 unspecified atom stereocenters. The highest BCUT2D eigenvalue weighted by Gasteiger charge is 2.17. The molecular weight excluding hydrogens is 394 g/mol. The monoisotopic (exact) mass is 421 g/mol. The van der Waals surface area contributed by atoms with Crippen LogP contribution in [0.1, 0.15) is 35.0 Å². The van der Waals surface area contributed by atoms with Crippen molar-refractivity contribution in [1.29, 1.82) is 0 Å². The molecule has 0 aliphatic heterocycles. The normalized spacial score (nSPS) is 17.0. The van der Waals surface area contributed by atoms with Gasteiger partial charge in [-0.15, -0.1) is 0 Å². The standard InChI is InChI=1S/C25H27NO5/c1-18(25(28)29)31-17-20-9-7-19(8-10-20)5-3-15-26-16-4-6-23(26)24(27)21-11-13-22(30-2)14-12-21/h3-13,16,18,22H,14-15,17H2,1-2H3,(H,28,29)/b5-3+/t18-,22?/m1/s1. The Hall–Kier alpha value is -3.22. The summed E-state index contributed by atoms with van der Waals surface area (Å²) in [6.45, 7) is 2.34. The van der Waals surface area contributed by atoms with Crippen LogP contribution in [0.3, 0.4) is 0 Å². The fourth-order valence-corrected chi connectivity index (χ4v) is 3.19. The SMILES string of the molecule is COC1C=CC(C(=O)c2cccn2C/C=C/c2ccc(CO[C@H](C)C(=O)O)cc2)=CC1. The second-order valence-corrected chi connectivity index (χ2v) is 7.34. The fraction of sp³-hybridized carbons (Fsp3) is 0.280. The zero-order valence-corrected chi connectivity index (χ0v) is 17.7. The van der Waals surface area contributed by atoms with Crippen LogP contribution in [0.15, 0.2) is 72.5 Å². The first-order valence-corrected chi connectivity index (χ1v) is 10.2. The van der Waals surface area contributed by atoms with Crippen molar-refractivity contribution in [2.75, 3.05) is 7.11 Å². The number of ketones is 1. The Labute approximate surface area is 182 Å². The summed E-state index contributed by atoms with van der Waals surface area (Å²) in [4.78, 5) is 23.6. The Kier molecular flexibility index (Phi) is 7.76. The highest BCUT2D eigenvalue weighted by Crippen LogP contribution is 2.18. The maximum absolute atomic E-state index is 12.8. The highest BCUT2D eigenvalue weighted by molar-refractivity contribution is 6.09. The van der Waals surface area contributed by atoms with Gasteiger partial charge in [-0.25, -0.2) is 4.79 Å². The van der Waals surface area contributed by atoms with E-state index in [1.165, 1.54) is 6.92 Å². The van der Waals surface area contributed by atoms with Crippen LogP contribution in [0.4, 0.5) is 0 Å². The van der Waals surface area contributed by atoms with Gasteiger partial charge in [-0.1, -0.05) is 54.6 Å². The number of carbonyl (C=O) groups is 2. The van der Waals surface area contributed by atoms with E-state index in [0.717, 1.165) is 11.1 Å². The summed E-state index contributed by atoms with van der Waals surface area (Å²) in [6.07, 6.45) is 11.4. The van der Waals surface area contributed by atoms with E-state index in [2.05, 4.69) is 0 Å². The third kappa shape index (κ3) is 6.13. The second kappa shape index (κ2) is 10.7. The summed E-state index contributed by atoms with van der Waals surface area (Å²) in [6, 6.07) is 11.4. The molecule has 1 aliphatic carbocycles. The van der Waals surface area contributed by atoms with E-state index in [9.17, 15) is 9.59 Å². The van der Waals surface area contributed by atoms with Crippen LogP contribution in [0, 0.1) is 0 Å². The molecule has 0 spiro atoms. The molecule has 1 aromatic carbocycles. The number of carboxylic acids is 1. The van der Waals surface area contributed by atoms with Gasteiger partial charge in [0, 0.05) is 25.4 Å². The molecule has 0 bridgehead atoms. The quantitative estimate of drug-likeness (QED) is 0.580. The van der Waals surface area contributed by atoms with Crippen LogP contribution in [0.25, 0.3) is 6.08 Å². The lowest BCUT2D eigenvalue weighted by molar-refractivity contribution is -0.149. The number of methoxy groups -OCH3 is 1. The fourth-order valence-electron chi connectivity index (χ4n) is 3.19. The second-order valence-electron chi connectivity index (χ2n) is 7.34. The molecule has 0 saturated carbocycles. The van der Waals surface area contributed by atoms with Crippen molar-refractivity contribution >= 4 is 17.8 Å². The Balaban J connectivity index is 1.57. The first-order valence-electron chi connectivity index (χ1n) is 10.2. The Morgan fingerprint density at radius 1 is 1.26 bits per heavy atom. The van der Waals surface area contributed by atoms with Crippen molar-refractivity contribution in [3.05, 3.63) is 89.3 Å². The lowest BCUT2D eigenvalue weighted by atomic mass is 10.00. The van der Waals surface area contributed by atoms with Crippen molar-refractivity contribution in [1.82, 2.24) is 4.57 Å². The van der Waals surface area contributed by atoms with Crippen LogP contribution in [-0.2, 0) is 27.4 Å². The van der Waals surface area contributed by atoms with E-state index >= 15 is 0 Å². The van der Waals surface area contributed by atoms with Crippen molar-refractivity contribution in [2.24, 2.45) is 0 Å². The van der Waals surface area contributed by atoms with E-state index in [0.29, 0.717) is 24.2 Å². The molecule has 0 amide bonds. The third-order valence-electron chi connectivity index (χ3n) is 5.13. The minimum Gasteiger partial charge on any atom is -0.479 e. The van der Waals surface area contributed by atoms with E-state index in [-0.39, 0.29) is 18.5 Å². The number of nitrogens with zero attached hydrogens (tertiary/aromatic N) is 1. The molecule has 3 rings (SSSR count). The number of ether oxygens (including phenoxy) is 2. The number of hydrogen-bond acceptors (Lipinski definition) is 4. The summed E-state index contributed by atoms with van der Waals surface area (Å²) in [5.41, 5.74) is 3.26. The molecule has 1 aromatic heterocycles. The number of carboxylic acid groups (broad SMARTS) is 1. The topological polar surface area (TPSA) is 77.8 Å². The van der Waals surface area contributed by atoms with Gasteiger partial charge in [-0.2, -0.15) is 0 Å². The molecular formula is C25H27NO5. The molecule has 6 heteroatoms. The van der Waals surface area contributed by atoms with Gasteiger partial charge in [-0.05, 0) is 36.6 Å². The van der Waals surface area contributed by atoms with E-state index < -0.39 is 12.1 Å². The Bertz CT molecular complexity index is 997. The molecule has 2 atom stereocenters. The minimum absolute atomic E-state index is 0.00384. The van der Waals surface area contributed by atoms with Gasteiger partial charge in [0.05, 0.1) is 18.4 Å². The van der Waals surface area contributed by atoms with Crippen LogP contribution in [-0.4, -0.2) is 40.7 Å². The van der Waals surface area contributed by atoms with E-state index in [1.54, 1.807) is 7.11 Å². The summed E-state index contributed by atoms with van der Waals surface area (Å²) in [7, 11) is 1.66. The van der Waals surface area contributed by atoms with Crippen molar-refractivity contribution < 1.29 is 24.2 Å². The smallest absolute Gasteiger partial charge is 0.332 e. The summed E-state index contributed by atoms with van der Waals surface area (Å²) >= 11 is 0. The predicted octanol–water partition coefficient (Wildman–Crippen LogP) is 4.28. The van der Waals surface area contributed by atoms with Crippen LogP contribution in [0.5, 0.6) is 0 Å². The summed E-state index contributed by atoms with van der Waals surface area (Å²) in [5, 5.41) is 8.86. The Morgan fingerprint density at radius 3 is 2.68 bits per heavy atom. The van der Waals surface area contributed by atoms with Crippen molar-refractivity contribution in [3.8, 4) is 0 Å². The summed E-state index contributed by atoms with van der Waals surface area (Å²) in [5.74, 6) is -0.971. The number of allylic oxidation sites excluding steroid dienone is 3. The molecule has 1 aliphatic rings. The van der Waals surface area contributed by atoms with Gasteiger partial charge in [-0.3, -0.25) is 4.79 Å². The highest BCUT2D eigenvalue weighted by atomic mass is 16.5. The average Bonchev–Trinajstić information content (AvgIpc) is 3.26. The number of benzene rings is 1. The van der Waals surface area contributed by atoms with Gasteiger partial charge in [0.2, 0.25) is 5.78 Å². The lowest BCUT2D eigenvalue weighted by Crippen LogP contribution is -2.19. The molecule has 6 nitrogen and oxygen atoms in total. The number of aliphatic carboxylic acids is 1. The number of carbonyl (C=O) groups excluding carboxylic acids is 1. The van der Waals surface area contributed by atoms with Crippen molar-refractivity contribution in [3.63, 3.8) is 0 Å². The summed E-state index contributed by atoms with van der Waals surface area (Å²) < 4.78 is 12.5. The molecule has 0 fully saturated rings. The molecule has 31 heavy (non-hydrogen) atoms. The molecule has 1 N–H and O–H groups in total. The van der Waals surface area contributed by atoms with Gasteiger partial charge in [0.1, 0.15) is 0 Å². The zero-order valence-electron chi connectivity index (χ0n) is 17.7.